The second-order valence-corrected chi connectivity index (χ2v) is 5.23. The molecular weight excluding hydrogens is 270 g/mol. The minimum absolute atomic E-state index is 0.200. The third-order valence-electron chi connectivity index (χ3n) is 3.79. The van der Waals surface area contributed by atoms with Gasteiger partial charge < -0.3 is 14.8 Å². The molecule has 5 heteroatoms. The Labute approximate surface area is 124 Å². The van der Waals surface area contributed by atoms with E-state index >= 15 is 0 Å². The molecule has 0 bridgehead atoms. The number of ether oxygens (including phenoxy) is 2. The number of alkyl carbamates (subject to hydrolysis) is 1. The van der Waals surface area contributed by atoms with E-state index in [0.29, 0.717) is 0 Å². The van der Waals surface area contributed by atoms with Gasteiger partial charge in [-0.15, -0.1) is 0 Å². The lowest BCUT2D eigenvalue weighted by Crippen LogP contribution is -2.45. The number of methoxy groups -OCH3 is 1. The number of nitrogens with one attached hydrogen (secondary N) is 1. The summed E-state index contributed by atoms with van der Waals surface area (Å²) in [5.41, 5.74) is 0.931. The monoisotopic (exact) mass is 291 g/mol. The van der Waals surface area contributed by atoms with E-state index in [9.17, 15) is 9.59 Å². The summed E-state index contributed by atoms with van der Waals surface area (Å²) in [6.45, 7) is 0.224. The Morgan fingerprint density at radius 3 is 2.62 bits per heavy atom. The topological polar surface area (TPSA) is 64.6 Å². The van der Waals surface area contributed by atoms with Crippen LogP contribution in [0.2, 0.25) is 0 Å². The fourth-order valence-electron chi connectivity index (χ4n) is 2.65. The molecule has 114 valence electrons. The molecule has 1 aromatic carbocycles. The highest BCUT2D eigenvalue weighted by Crippen LogP contribution is 2.25. The van der Waals surface area contributed by atoms with Gasteiger partial charge in [-0.25, -0.2) is 4.79 Å². The van der Waals surface area contributed by atoms with Crippen molar-refractivity contribution in [1.82, 2.24) is 5.32 Å². The second-order valence-electron chi connectivity index (χ2n) is 5.23. The van der Waals surface area contributed by atoms with Crippen molar-refractivity contribution in [1.29, 1.82) is 0 Å². The summed E-state index contributed by atoms with van der Waals surface area (Å²) in [5, 5.41) is 2.79. The number of hydrogen-bond donors (Lipinski definition) is 1. The molecule has 0 unspecified atom stereocenters. The van der Waals surface area contributed by atoms with Crippen molar-refractivity contribution >= 4 is 12.1 Å². The van der Waals surface area contributed by atoms with Crippen molar-refractivity contribution in [2.24, 2.45) is 5.92 Å². The molecule has 0 aliphatic heterocycles. The molecule has 21 heavy (non-hydrogen) atoms. The van der Waals surface area contributed by atoms with Crippen LogP contribution in [0.25, 0.3) is 0 Å². The van der Waals surface area contributed by atoms with Gasteiger partial charge in [-0.1, -0.05) is 43.2 Å². The van der Waals surface area contributed by atoms with Crippen LogP contribution in [0.3, 0.4) is 0 Å². The summed E-state index contributed by atoms with van der Waals surface area (Å²) in [6, 6.07) is 9.29. The summed E-state index contributed by atoms with van der Waals surface area (Å²) in [7, 11) is 1.38. The summed E-state index contributed by atoms with van der Waals surface area (Å²) >= 11 is 0. The summed E-state index contributed by atoms with van der Waals surface area (Å²) in [5.74, 6) is -0.531. The van der Waals surface area contributed by atoms with Crippen LogP contribution < -0.4 is 5.32 Å². The zero-order valence-electron chi connectivity index (χ0n) is 12.2. The maximum Gasteiger partial charge on any atom is 0.407 e. The van der Waals surface area contributed by atoms with Crippen LogP contribution in [0.4, 0.5) is 4.79 Å². The average molecular weight is 291 g/mol. The van der Waals surface area contributed by atoms with Gasteiger partial charge in [0.1, 0.15) is 6.61 Å². The van der Waals surface area contributed by atoms with Crippen LogP contribution in [-0.2, 0) is 20.9 Å². The molecule has 2 atom stereocenters. The maximum absolute atomic E-state index is 11.9. The van der Waals surface area contributed by atoms with Crippen LogP contribution in [0, 0.1) is 5.92 Å². The molecule has 0 aromatic heterocycles. The Morgan fingerprint density at radius 2 is 1.90 bits per heavy atom. The minimum atomic E-state index is -0.486. The summed E-state index contributed by atoms with van der Waals surface area (Å²) < 4.78 is 9.99. The van der Waals surface area contributed by atoms with E-state index in [1.807, 2.05) is 30.3 Å². The molecular formula is C16H21NO4. The number of carbonyl (C=O) groups is 2. The van der Waals surface area contributed by atoms with E-state index in [4.69, 9.17) is 9.47 Å². The highest BCUT2D eigenvalue weighted by atomic mass is 16.5. The molecule has 1 aliphatic rings. The normalized spacial score (nSPS) is 21.4. The van der Waals surface area contributed by atoms with Gasteiger partial charge in [0, 0.05) is 6.04 Å². The quantitative estimate of drug-likeness (QED) is 0.866. The number of carbonyl (C=O) groups excluding carboxylic acids is 2. The number of benzene rings is 1. The zero-order chi connectivity index (χ0) is 15.1. The van der Waals surface area contributed by atoms with Crippen molar-refractivity contribution in [2.75, 3.05) is 7.11 Å². The SMILES string of the molecule is COC(=O)[C@H]1CCCC[C@H]1NC(=O)OCc1ccccc1. The standard InChI is InChI=1S/C16H21NO4/c1-20-15(18)13-9-5-6-10-14(13)17-16(19)21-11-12-7-3-2-4-8-12/h2-4,7-8,13-14H,5-6,9-11H2,1H3,(H,17,19)/t13-,14+/m0/s1. The first kappa shape index (κ1) is 15.4. The van der Waals surface area contributed by atoms with Crippen LogP contribution in [0.15, 0.2) is 30.3 Å². The fraction of sp³-hybridized carbons (Fsp3) is 0.500. The highest BCUT2D eigenvalue weighted by molar-refractivity contribution is 5.75. The Kier molecular flexibility index (Phi) is 5.60. The molecule has 0 spiro atoms. The first-order chi connectivity index (χ1) is 10.2. The van der Waals surface area contributed by atoms with Gasteiger partial charge >= 0.3 is 12.1 Å². The Hall–Kier alpha value is -2.04. The molecule has 1 aromatic rings. The lowest BCUT2D eigenvalue weighted by molar-refractivity contribution is -0.147. The average Bonchev–Trinajstić information content (AvgIpc) is 2.54. The van der Waals surface area contributed by atoms with Crippen molar-refractivity contribution < 1.29 is 19.1 Å². The van der Waals surface area contributed by atoms with Gasteiger partial charge in [-0.05, 0) is 18.4 Å². The van der Waals surface area contributed by atoms with E-state index in [-0.39, 0.29) is 24.5 Å². The summed E-state index contributed by atoms with van der Waals surface area (Å²) in [6.07, 6.45) is 3.02. The molecule has 1 aliphatic carbocycles. The number of esters is 1. The van der Waals surface area contributed by atoms with Gasteiger partial charge in [0.15, 0.2) is 0 Å². The molecule has 1 N–H and O–H groups in total. The Morgan fingerprint density at radius 1 is 1.19 bits per heavy atom. The molecule has 1 amide bonds. The van der Waals surface area contributed by atoms with E-state index in [0.717, 1.165) is 31.2 Å². The van der Waals surface area contributed by atoms with Gasteiger partial charge in [0.25, 0.3) is 0 Å². The predicted molar refractivity (Wildman–Crippen MR) is 77.5 cm³/mol. The predicted octanol–water partition coefficient (Wildman–Crippen LogP) is 2.64. The molecule has 0 saturated heterocycles. The van der Waals surface area contributed by atoms with Crippen molar-refractivity contribution in [3.63, 3.8) is 0 Å². The van der Waals surface area contributed by atoms with E-state index < -0.39 is 6.09 Å². The molecule has 1 saturated carbocycles. The first-order valence-electron chi connectivity index (χ1n) is 7.25. The van der Waals surface area contributed by atoms with Crippen LogP contribution in [0.5, 0.6) is 0 Å². The van der Waals surface area contributed by atoms with Crippen LogP contribution in [-0.4, -0.2) is 25.2 Å². The van der Waals surface area contributed by atoms with E-state index in [2.05, 4.69) is 5.32 Å². The number of amides is 1. The van der Waals surface area contributed by atoms with Gasteiger partial charge in [-0.2, -0.15) is 0 Å². The Bertz CT molecular complexity index is 474. The first-order valence-corrected chi connectivity index (χ1v) is 7.25. The van der Waals surface area contributed by atoms with Crippen molar-refractivity contribution in [3.8, 4) is 0 Å². The molecule has 2 rings (SSSR count). The second kappa shape index (κ2) is 7.67. The van der Waals surface area contributed by atoms with E-state index in [1.54, 1.807) is 0 Å². The van der Waals surface area contributed by atoms with E-state index in [1.165, 1.54) is 7.11 Å². The lowest BCUT2D eigenvalue weighted by Gasteiger charge is -2.29. The third-order valence-corrected chi connectivity index (χ3v) is 3.79. The summed E-state index contributed by atoms with van der Waals surface area (Å²) in [4.78, 5) is 23.6. The van der Waals surface area contributed by atoms with Gasteiger partial charge in [-0.3, -0.25) is 4.79 Å². The number of hydrogen-bond acceptors (Lipinski definition) is 4. The van der Waals surface area contributed by atoms with Crippen LogP contribution >= 0.6 is 0 Å². The highest BCUT2D eigenvalue weighted by Gasteiger charge is 2.33. The minimum Gasteiger partial charge on any atom is -0.469 e. The largest absolute Gasteiger partial charge is 0.469 e. The Balaban J connectivity index is 1.84. The zero-order valence-corrected chi connectivity index (χ0v) is 12.2. The van der Waals surface area contributed by atoms with Crippen molar-refractivity contribution in [2.45, 2.75) is 38.3 Å². The van der Waals surface area contributed by atoms with Crippen molar-refractivity contribution in [3.05, 3.63) is 35.9 Å². The third kappa shape index (κ3) is 4.48. The van der Waals surface area contributed by atoms with Crippen LogP contribution in [0.1, 0.15) is 31.2 Å². The fourth-order valence-corrected chi connectivity index (χ4v) is 2.65. The molecule has 0 radical (unpaired) electrons. The molecule has 1 fully saturated rings. The lowest BCUT2D eigenvalue weighted by atomic mass is 9.84. The smallest absolute Gasteiger partial charge is 0.407 e. The van der Waals surface area contributed by atoms with Gasteiger partial charge in [0.2, 0.25) is 0 Å². The number of rotatable bonds is 4. The van der Waals surface area contributed by atoms with Gasteiger partial charge in [0.05, 0.1) is 13.0 Å². The molecule has 0 heterocycles. The molecule has 5 nitrogen and oxygen atoms in total. The maximum atomic E-state index is 11.9.